The predicted molar refractivity (Wildman–Crippen MR) is 156 cm³/mol. The molecule has 0 aromatic heterocycles. The Kier molecular flexibility index (Phi) is 16.5. The smallest absolute Gasteiger partial charge is 0.127 e. The molecule has 196 valence electrons. The van der Waals surface area contributed by atoms with Gasteiger partial charge in [0, 0.05) is 22.8 Å². The second-order valence-electron chi connectivity index (χ2n) is 9.94. The molecule has 0 bridgehead atoms. The molecular formula is C32H50ClNO. The average molecular weight is 500 g/mol. The van der Waals surface area contributed by atoms with Crippen LogP contribution in [0, 0.1) is 0 Å². The van der Waals surface area contributed by atoms with E-state index in [0.29, 0.717) is 0 Å². The number of benzene rings is 2. The maximum Gasteiger partial charge on any atom is 0.127 e. The summed E-state index contributed by atoms with van der Waals surface area (Å²) >= 11 is 6.33. The largest absolute Gasteiger partial charge is 0.493 e. The van der Waals surface area contributed by atoms with Gasteiger partial charge in [0.15, 0.2) is 0 Å². The third-order valence-electron chi connectivity index (χ3n) is 6.75. The number of hydrogen-bond acceptors (Lipinski definition) is 2. The van der Waals surface area contributed by atoms with Crippen LogP contribution in [0.2, 0.25) is 5.02 Å². The van der Waals surface area contributed by atoms with Crippen molar-refractivity contribution < 1.29 is 4.74 Å². The number of anilines is 1. The van der Waals surface area contributed by atoms with Crippen LogP contribution in [0.4, 0.5) is 5.69 Å². The molecule has 0 radical (unpaired) electrons. The Bertz CT molecular complexity index is 774. The first-order valence-electron chi connectivity index (χ1n) is 14.5. The van der Waals surface area contributed by atoms with Crippen molar-refractivity contribution in [2.24, 2.45) is 0 Å². The second-order valence-corrected chi connectivity index (χ2v) is 10.4. The molecule has 0 aliphatic carbocycles. The maximum absolute atomic E-state index is 6.33. The molecule has 2 aromatic carbocycles. The number of unbranched alkanes of at least 4 members (excludes halogenated alkanes) is 14. The summed E-state index contributed by atoms with van der Waals surface area (Å²) in [6.07, 6.45) is 21.3. The van der Waals surface area contributed by atoms with Crippen molar-refractivity contribution >= 4 is 17.3 Å². The second kappa shape index (κ2) is 19.5. The molecule has 0 aliphatic rings. The van der Waals surface area contributed by atoms with Gasteiger partial charge in [-0.2, -0.15) is 0 Å². The molecule has 2 aromatic rings. The Hall–Kier alpha value is -1.67. The van der Waals surface area contributed by atoms with Crippen molar-refractivity contribution in [1.82, 2.24) is 0 Å². The molecule has 1 N–H and O–H groups in total. The van der Waals surface area contributed by atoms with Gasteiger partial charge >= 0.3 is 0 Å². The van der Waals surface area contributed by atoms with E-state index in [1.54, 1.807) is 0 Å². The quantitative estimate of drug-likeness (QED) is 0.172. The fraction of sp³-hybridized carbons (Fsp3) is 0.625. The SMILES string of the molecule is CCCCCCCCCCNc1ccc(-c2cc(Cl)ccc2OCCCCCCCCCC)cc1. The first-order valence-corrected chi connectivity index (χ1v) is 14.9. The summed E-state index contributed by atoms with van der Waals surface area (Å²) in [7, 11) is 0. The maximum atomic E-state index is 6.33. The van der Waals surface area contributed by atoms with Crippen molar-refractivity contribution in [3.8, 4) is 16.9 Å². The van der Waals surface area contributed by atoms with Crippen LogP contribution in [0.5, 0.6) is 5.75 Å². The number of rotatable bonds is 21. The van der Waals surface area contributed by atoms with Gasteiger partial charge < -0.3 is 10.1 Å². The number of ether oxygens (including phenoxy) is 1. The number of hydrogen-bond donors (Lipinski definition) is 1. The van der Waals surface area contributed by atoms with E-state index in [9.17, 15) is 0 Å². The summed E-state index contributed by atoms with van der Waals surface area (Å²) in [5.41, 5.74) is 3.41. The van der Waals surface area contributed by atoms with Gasteiger partial charge in [0.2, 0.25) is 0 Å². The van der Waals surface area contributed by atoms with E-state index in [-0.39, 0.29) is 0 Å². The Balaban J connectivity index is 1.71. The van der Waals surface area contributed by atoms with Crippen LogP contribution in [0.3, 0.4) is 0 Å². The molecule has 35 heavy (non-hydrogen) atoms. The van der Waals surface area contributed by atoms with Crippen LogP contribution < -0.4 is 10.1 Å². The zero-order valence-corrected chi connectivity index (χ0v) is 23.3. The molecule has 0 fully saturated rings. The van der Waals surface area contributed by atoms with Gasteiger partial charge in [0.25, 0.3) is 0 Å². The van der Waals surface area contributed by atoms with Gasteiger partial charge in [-0.15, -0.1) is 0 Å². The van der Waals surface area contributed by atoms with Crippen LogP contribution in [0.15, 0.2) is 42.5 Å². The molecule has 0 unspecified atom stereocenters. The van der Waals surface area contributed by atoms with Crippen molar-refractivity contribution in [3.05, 3.63) is 47.5 Å². The summed E-state index contributed by atoms with van der Waals surface area (Å²) in [6, 6.07) is 14.6. The summed E-state index contributed by atoms with van der Waals surface area (Å²) in [6.45, 7) is 6.35. The topological polar surface area (TPSA) is 21.3 Å². The Labute approximate surface area is 221 Å². The lowest BCUT2D eigenvalue weighted by Crippen LogP contribution is -2.01. The summed E-state index contributed by atoms with van der Waals surface area (Å²) in [5.74, 6) is 0.928. The van der Waals surface area contributed by atoms with Crippen LogP contribution in [-0.4, -0.2) is 13.2 Å². The molecule has 3 heteroatoms. The fourth-order valence-electron chi connectivity index (χ4n) is 4.53. The van der Waals surface area contributed by atoms with Gasteiger partial charge in [0.05, 0.1) is 6.61 Å². The van der Waals surface area contributed by atoms with E-state index in [1.807, 2.05) is 18.2 Å². The van der Waals surface area contributed by atoms with E-state index >= 15 is 0 Å². The minimum Gasteiger partial charge on any atom is -0.493 e. The monoisotopic (exact) mass is 499 g/mol. The molecule has 0 aliphatic heterocycles. The van der Waals surface area contributed by atoms with Crippen LogP contribution in [0.25, 0.3) is 11.1 Å². The molecule has 0 heterocycles. The standard InChI is InChI=1S/C32H50ClNO/c1-3-5-7-9-11-13-15-17-25-34-30-22-19-28(20-23-30)31-27-29(33)21-24-32(31)35-26-18-16-14-12-10-8-6-4-2/h19-24,27,34H,3-18,25-26H2,1-2H3. The molecule has 0 amide bonds. The van der Waals surface area contributed by atoms with E-state index in [0.717, 1.165) is 41.5 Å². The van der Waals surface area contributed by atoms with E-state index in [1.165, 1.54) is 102 Å². The Morgan fingerprint density at radius 3 is 1.77 bits per heavy atom. The Morgan fingerprint density at radius 1 is 0.629 bits per heavy atom. The zero-order chi connectivity index (χ0) is 25.0. The van der Waals surface area contributed by atoms with Crippen LogP contribution >= 0.6 is 11.6 Å². The highest BCUT2D eigenvalue weighted by Crippen LogP contribution is 2.33. The van der Waals surface area contributed by atoms with E-state index in [4.69, 9.17) is 16.3 Å². The molecule has 0 atom stereocenters. The third-order valence-corrected chi connectivity index (χ3v) is 6.99. The van der Waals surface area contributed by atoms with Crippen LogP contribution in [0.1, 0.15) is 117 Å². The first kappa shape index (κ1) is 29.6. The lowest BCUT2D eigenvalue weighted by Gasteiger charge is -2.13. The number of halogens is 1. The molecular weight excluding hydrogens is 450 g/mol. The highest BCUT2D eigenvalue weighted by molar-refractivity contribution is 6.31. The summed E-state index contributed by atoms with van der Waals surface area (Å²) in [4.78, 5) is 0. The molecule has 2 rings (SSSR count). The van der Waals surface area contributed by atoms with Gasteiger partial charge in [0.1, 0.15) is 5.75 Å². The Morgan fingerprint density at radius 2 is 1.17 bits per heavy atom. The van der Waals surface area contributed by atoms with Gasteiger partial charge in [-0.1, -0.05) is 127 Å². The molecule has 0 saturated carbocycles. The van der Waals surface area contributed by atoms with Crippen molar-refractivity contribution in [2.45, 2.75) is 117 Å². The van der Waals surface area contributed by atoms with Gasteiger partial charge in [-0.3, -0.25) is 0 Å². The minimum absolute atomic E-state index is 0.747. The highest BCUT2D eigenvalue weighted by Gasteiger charge is 2.08. The first-order chi connectivity index (χ1) is 17.2. The van der Waals surface area contributed by atoms with Crippen molar-refractivity contribution in [3.63, 3.8) is 0 Å². The number of nitrogens with one attached hydrogen (secondary N) is 1. The summed E-state index contributed by atoms with van der Waals surface area (Å²) < 4.78 is 6.18. The van der Waals surface area contributed by atoms with Crippen molar-refractivity contribution in [1.29, 1.82) is 0 Å². The lowest BCUT2D eigenvalue weighted by molar-refractivity contribution is 0.305. The fourth-order valence-corrected chi connectivity index (χ4v) is 4.70. The van der Waals surface area contributed by atoms with Gasteiger partial charge in [-0.05, 0) is 48.7 Å². The predicted octanol–water partition coefficient (Wildman–Crippen LogP) is 11.1. The lowest BCUT2D eigenvalue weighted by atomic mass is 10.0. The van der Waals surface area contributed by atoms with Gasteiger partial charge in [-0.25, -0.2) is 0 Å². The van der Waals surface area contributed by atoms with Crippen LogP contribution in [-0.2, 0) is 0 Å². The summed E-state index contributed by atoms with van der Waals surface area (Å²) in [5, 5.41) is 4.32. The minimum atomic E-state index is 0.747. The normalized spacial score (nSPS) is 11.1. The molecule has 0 saturated heterocycles. The molecule has 2 nitrogen and oxygen atoms in total. The third kappa shape index (κ3) is 13.3. The van der Waals surface area contributed by atoms with Crippen molar-refractivity contribution in [2.75, 3.05) is 18.5 Å². The highest BCUT2D eigenvalue weighted by atomic mass is 35.5. The molecule has 0 spiro atoms. The van der Waals surface area contributed by atoms with E-state index in [2.05, 4.69) is 43.4 Å². The zero-order valence-electron chi connectivity index (χ0n) is 22.6. The average Bonchev–Trinajstić information content (AvgIpc) is 2.88. The van der Waals surface area contributed by atoms with E-state index < -0.39 is 0 Å².